The number of hydrogen-bond acceptors (Lipinski definition) is 2. The third kappa shape index (κ3) is 2.79. The highest BCUT2D eigenvalue weighted by Crippen LogP contribution is 2.28. The second-order valence-electron chi connectivity index (χ2n) is 4.17. The summed E-state index contributed by atoms with van der Waals surface area (Å²) in [6.07, 6.45) is 0.811. The van der Waals surface area contributed by atoms with Gasteiger partial charge < -0.3 is 4.74 Å². The van der Waals surface area contributed by atoms with Gasteiger partial charge >= 0.3 is 0 Å². The Morgan fingerprint density at radius 1 is 1.11 bits per heavy atom. The number of benzene rings is 2. The van der Waals surface area contributed by atoms with Crippen LogP contribution in [0.3, 0.4) is 0 Å². The van der Waals surface area contributed by atoms with Crippen LogP contribution in [-0.4, -0.2) is 6.29 Å². The third-order valence-electron chi connectivity index (χ3n) is 2.66. The first kappa shape index (κ1) is 12.8. The van der Waals surface area contributed by atoms with Gasteiger partial charge in [-0.05, 0) is 59.6 Å². The average molecular weight is 305 g/mol. The van der Waals surface area contributed by atoms with Crippen molar-refractivity contribution in [2.75, 3.05) is 0 Å². The zero-order valence-electron chi connectivity index (χ0n) is 10.2. The molecule has 0 aliphatic carbocycles. The van der Waals surface area contributed by atoms with Crippen molar-refractivity contribution in [1.82, 2.24) is 0 Å². The van der Waals surface area contributed by atoms with Gasteiger partial charge in [0, 0.05) is 10.0 Å². The molecule has 2 aromatic rings. The lowest BCUT2D eigenvalue weighted by Gasteiger charge is -2.10. The van der Waals surface area contributed by atoms with Crippen LogP contribution in [0.1, 0.15) is 21.5 Å². The van der Waals surface area contributed by atoms with Crippen LogP contribution >= 0.6 is 15.9 Å². The molecule has 0 saturated heterocycles. The van der Waals surface area contributed by atoms with Crippen molar-refractivity contribution in [3.05, 3.63) is 57.6 Å². The molecular formula is C15H13BrO2. The predicted molar refractivity (Wildman–Crippen MR) is 75.5 cm³/mol. The van der Waals surface area contributed by atoms with Crippen molar-refractivity contribution in [3.8, 4) is 11.5 Å². The van der Waals surface area contributed by atoms with Gasteiger partial charge in [-0.2, -0.15) is 0 Å². The van der Waals surface area contributed by atoms with Gasteiger partial charge in [0.25, 0.3) is 0 Å². The molecule has 0 saturated carbocycles. The maximum atomic E-state index is 10.7. The van der Waals surface area contributed by atoms with E-state index in [1.165, 1.54) is 5.56 Å². The average Bonchev–Trinajstić information content (AvgIpc) is 2.33. The van der Waals surface area contributed by atoms with E-state index in [2.05, 4.69) is 22.0 Å². The molecule has 0 atom stereocenters. The molecule has 0 aliphatic heterocycles. The van der Waals surface area contributed by atoms with E-state index in [-0.39, 0.29) is 0 Å². The molecule has 0 N–H and O–H groups in total. The Hall–Kier alpha value is -1.61. The smallest absolute Gasteiger partial charge is 0.151 e. The van der Waals surface area contributed by atoms with Crippen molar-refractivity contribution in [2.45, 2.75) is 13.8 Å². The monoisotopic (exact) mass is 304 g/mol. The third-order valence-corrected chi connectivity index (χ3v) is 3.34. The minimum Gasteiger partial charge on any atom is -0.457 e. The zero-order valence-corrected chi connectivity index (χ0v) is 11.8. The lowest BCUT2D eigenvalue weighted by atomic mass is 10.1. The second kappa shape index (κ2) is 5.36. The summed E-state index contributed by atoms with van der Waals surface area (Å²) in [7, 11) is 0. The van der Waals surface area contributed by atoms with Crippen molar-refractivity contribution < 1.29 is 9.53 Å². The highest BCUT2D eigenvalue weighted by molar-refractivity contribution is 9.10. The summed E-state index contributed by atoms with van der Waals surface area (Å²) < 4.78 is 6.53. The molecular weight excluding hydrogens is 292 g/mol. The number of halogens is 1. The van der Waals surface area contributed by atoms with E-state index < -0.39 is 0 Å². The topological polar surface area (TPSA) is 26.3 Å². The summed E-state index contributed by atoms with van der Waals surface area (Å²) in [4.78, 5) is 10.7. The van der Waals surface area contributed by atoms with Crippen molar-refractivity contribution in [3.63, 3.8) is 0 Å². The zero-order chi connectivity index (χ0) is 13.1. The predicted octanol–water partition coefficient (Wildman–Crippen LogP) is 4.67. The molecule has 2 nitrogen and oxygen atoms in total. The molecule has 18 heavy (non-hydrogen) atoms. The van der Waals surface area contributed by atoms with Gasteiger partial charge in [-0.3, -0.25) is 4.79 Å². The summed E-state index contributed by atoms with van der Waals surface area (Å²) in [6, 6.07) is 11.3. The molecule has 0 spiro atoms. The first-order chi connectivity index (χ1) is 8.60. The number of hydrogen-bond donors (Lipinski definition) is 0. The number of carbonyl (C=O) groups excluding carboxylic acids is 1. The molecule has 2 rings (SSSR count). The van der Waals surface area contributed by atoms with E-state index in [4.69, 9.17) is 4.74 Å². The van der Waals surface area contributed by atoms with Crippen molar-refractivity contribution in [1.29, 1.82) is 0 Å². The SMILES string of the molecule is Cc1ccc(Oc2ccc(C=O)c(Br)c2)c(C)c1. The molecule has 0 unspecified atom stereocenters. The molecule has 0 radical (unpaired) electrons. The molecule has 0 aliphatic rings. The molecule has 0 fully saturated rings. The molecule has 0 aromatic heterocycles. The Morgan fingerprint density at radius 2 is 1.89 bits per heavy atom. The summed E-state index contributed by atoms with van der Waals surface area (Å²) >= 11 is 3.34. The quantitative estimate of drug-likeness (QED) is 0.770. The van der Waals surface area contributed by atoms with Crippen LogP contribution in [-0.2, 0) is 0 Å². The number of aldehydes is 1. The lowest BCUT2D eigenvalue weighted by Crippen LogP contribution is -1.90. The summed E-state index contributed by atoms with van der Waals surface area (Å²) in [5.74, 6) is 1.53. The Bertz CT molecular complexity index is 591. The fraction of sp³-hybridized carbons (Fsp3) is 0.133. The van der Waals surface area contributed by atoms with Crippen LogP contribution in [0.4, 0.5) is 0 Å². The van der Waals surface area contributed by atoms with Crippen LogP contribution < -0.4 is 4.74 Å². The minimum atomic E-state index is 0.614. The Morgan fingerprint density at radius 3 is 2.50 bits per heavy atom. The number of aryl methyl sites for hydroxylation is 2. The molecule has 0 heterocycles. The van der Waals surface area contributed by atoms with Crippen LogP contribution in [0.2, 0.25) is 0 Å². The van der Waals surface area contributed by atoms with Gasteiger partial charge in [-0.1, -0.05) is 17.7 Å². The van der Waals surface area contributed by atoms with Gasteiger partial charge in [0.05, 0.1) is 0 Å². The Balaban J connectivity index is 2.28. The Labute approximate surface area is 115 Å². The minimum absolute atomic E-state index is 0.614. The molecule has 92 valence electrons. The van der Waals surface area contributed by atoms with Gasteiger partial charge in [0.1, 0.15) is 11.5 Å². The van der Waals surface area contributed by atoms with E-state index in [1.54, 1.807) is 18.2 Å². The van der Waals surface area contributed by atoms with Gasteiger partial charge in [-0.25, -0.2) is 0 Å². The summed E-state index contributed by atoms with van der Waals surface area (Å²) in [5.41, 5.74) is 2.91. The Kier molecular flexibility index (Phi) is 3.82. The van der Waals surface area contributed by atoms with Crippen molar-refractivity contribution >= 4 is 22.2 Å². The van der Waals surface area contributed by atoms with E-state index in [0.29, 0.717) is 11.3 Å². The van der Waals surface area contributed by atoms with Crippen LogP contribution in [0, 0.1) is 13.8 Å². The highest BCUT2D eigenvalue weighted by Gasteiger charge is 2.04. The highest BCUT2D eigenvalue weighted by atomic mass is 79.9. The van der Waals surface area contributed by atoms with Gasteiger partial charge in [0.15, 0.2) is 6.29 Å². The normalized spacial score (nSPS) is 10.2. The fourth-order valence-corrected chi connectivity index (χ4v) is 2.16. The number of carbonyl (C=O) groups is 1. The van der Waals surface area contributed by atoms with Crippen LogP contribution in [0.15, 0.2) is 40.9 Å². The van der Waals surface area contributed by atoms with Gasteiger partial charge in [0.2, 0.25) is 0 Å². The number of rotatable bonds is 3. The van der Waals surface area contributed by atoms with Crippen molar-refractivity contribution in [2.24, 2.45) is 0 Å². The molecule has 0 bridgehead atoms. The first-order valence-corrected chi connectivity index (χ1v) is 6.39. The van der Waals surface area contributed by atoms with E-state index in [0.717, 1.165) is 22.1 Å². The van der Waals surface area contributed by atoms with E-state index >= 15 is 0 Å². The first-order valence-electron chi connectivity index (χ1n) is 5.60. The standard InChI is InChI=1S/C15H13BrO2/c1-10-3-6-15(11(2)7-10)18-13-5-4-12(9-17)14(16)8-13/h3-9H,1-2H3. The lowest BCUT2D eigenvalue weighted by molar-refractivity contribution is 0.112. The maximum Gasteiger partial charge on any atom is 0.151 e. The van der Waals surface area contributed by atoms with E-state index in [1.807, 2.05) is 26.0 Å². The summed E-state index contributed by atoms with van der Waals surface area (Å²) in [6.45, 7) is 4.06. The van der Waals surface area contributed by atoms with Crippen LogP contribution in [0.25, 0.3) is 0 Å². The maximum absolute atomic E-state index is 10.7. The largest absolute Gasteiger partial charge is 0.457 e. The fourth-order valence-electron chi connectivity index (χ4n) is 1.71. The molecule has 3 heteroatoms. The molecule has 0 amide bonds. The number of ether oxygens (including phenoxy) is 1. The van der Waals surface area contributed by atoms with E-state index in [9.17, 15) is 4.79 Å². The van der Waals surface area contributed by atoms with Crippen LogP contribution in [0.5, 0.6) is 11.5 Å². The second-order valence-corrected chi connectivity index (χ2v) is 5.03. The van der Waals surface area contributed by atoms with Gasteiger partial charge in [-0.15, -0.1) is 0 Å². The molecule has 2 aromatic carbocycles. The summed E-state index contributed by atoms with van der Waals surface area (Å²) in [5, 5.41) is 0.